The number of hydrogen-bond acceptors (Lipinski definition) is 4. The molecule has 0 saturated heterocycles. The van der Waals surface area contributed by atoms with Gasteiger partial charge < -0.3 is 5.11 Å². The SMILES string of the molecule is O=S(=O)(/C(=C(/I)c1c(-c2cccs2)ccc2ccccc12)c1c(O)ccc2ccccc12)c1ccccc1. The van der Waals surface area contributed by atoms with E-state index in [-0.39, 0.29) is 15.6 Å². The van der Waals surface area contributed by atoms with Gasteiger partial charge in [0, 0.05) is 25.1 Å². The Labute approximate surface area is 238 Å². The van der Waals surface area contributed by atoms with Crippen molar-refractivity contribution in [3.63, 3.8) is 0 Å². The van der Waals surface area contributed by atoms with E-state index in [9.17, 15) is 13.5 Å². The van der Waals surface area contributed by atoms with E-state index in [1.54, 1.807) is 47.7 Å². The van der Waals surface area contributed by atoms with E-state index in [1.807, 2.05) is 72.1 Å². The van der Waals surface area contributed by atoms with E-state index in [0.717, 1.165) is 32.2 Å². The highest BCUT2D eigenvalue weighted by atomic mass is 127. The summed E-state index contributed by atoms with van der Waals surface area (Å²) in [5.41, 5.74) is 2.08. The van der Waals surface area contributed by atoms with Gasteiger partial charge in [0.25, 0.3) is 0 Å². The molecule has 0 unspecified atom stereocenters. The smallest absolute Gasteiger partial charge is 0.208 e. The number of sulfone groups is 1. The summed E-state index contributed by atoms with van der Waals surface area (Å²) in [6, 6.07) is 35.5. The standard InChI is InChI=1S/C32H21IO3S2/c33-31(29-24-13-6-4-9-21(24)16-18-26(29)28-15-8-20-37-28)32(38(35,36)23-11-2-1-3-12-23)30-25-14-7-5-10-22(25)17-19-27(30)34/h1-20,34H/b32-31+. The number of phenolic OH excluding ortho intramolecular Hbond substituents is 1. The number of fused-ring (bicyclic) bond motifs is 2. The van der Waals surface area contributed by atoms with Crippen molar-refractivity contribution in [2.45, 2.75) is 4.90 Å². The molecule has 186 valence electrons. The quantitative estimate of drug-likeness (QED) is 0.150. The summed E-state index contributed by atoms with van der Waals surface area (Å²) < 4.78 is 29.6. The molecule has 0 bridgehead atoms. The van der Waals surface area contributed by atoms with Crippen LogP contribution in [-0.2, 0) is 9.84 Å². The lowest BCUT2D eigenvalue weighted by Crippen LogP contribution is -2.07. The lowest BCUT2D eigenvalue weighted by molar-refractivity contribution is 0.474. The second kappa shape index (κ2) is 10.0. The molecule has 0 amide bonds. The van der Waals surface area contributed by atoms with Crippen LogP contribution in [0.3, 0.4) is 0 Å². The zero-order chi connectivity index (χ0) is 26.3. The molecule has 0 saturated carbocycles. The molecule has 1 N–H and O–H groups in total. The zero-order valence-corrected chi connectivity index (χ0v) is 23.8. The Morgan fingerprint density at radius 2 is 1.26 bits per heavy atom. The van der Waals surface area contributed by atoms with Gasteiger partial charge in [0.2, 0.25) is 9.84 Å². The van der Waals surface area contributed by atoms with Gasteiger partial charge in [-0.15, -0.1) is 11.3 Å². The van der Waals surface area contributed by atoms with E-state index >= 15 is 0 Å². The number of thiophene rings is 1. The predicted octanol–water partition coefficient (Wildman–Crippen LogP) is 9.16. The van der Waals surface area contributed by atoms with Crippen molar-refractivity contribution in [2.24, 2.45) is 0 Å². The van der Waals surface area contributed by atoms with Gasteiger partial charge in [-0.3, -0.25) is 0 Å². The molecule has 6 aromatic rings. The molecule has 0 fully saturated rings. The number of rotatable bonds is 5. The average molecular weight is 645 g/mol. The van der Waals surface area contributed by atoms with Crippen molar-refractivity contribution < 1.29 is 13.5 Å². The molecule has 5 aromatic carbocycles. The summed E-state index contributed by atoms with van der Waals surface area (Å²) in [5.74, 6) is -0.0784. The lowest BCUT2D eigenvalue weighted by atomic mass is 9.95. The number of benzene rings is 5. The van der Waals surface area contributed by atoms with Crippen LogP contribution >= 0.6 is 33.9 Å². The minimum atomic E-state index is -4.05. The van der Waals surface area contributed by atoms with E-state index < -0.39 is 9.84 Å². The number of phenols is 1. The van der Waals surface area contributed by atoms with Crippen molar-refractivity contribution in [1.29, 1.82) is 0 Å². The molecule has 1 heterocycles. The zero-order valence-electron chi connectivity index (χ0n) is 20.0. The Hall–Kier alpha value is -3.46. The van der Waals surface area contributed by atoms with Crippen molar-refractivity contribution in [3.8, 4) is 16.2 Å². The Balaban J connectivity index is 1.82. The van der Waals surface area contributed by atoms with E-state index in [2.05, 4.69) is 34.7 Å². The molecule has 6 rings (SSSR count). The fraction of sp³-hybridized carbons (Fsp3) is 0. The van der Waals surface area contributed by atoms with Gasteiger partial charge in [-0.1, -0.05) is 91.0 Å². The summed E-state index contributed by atoms with van der Waals surface area (Å²) in [5, 5.41) is 16.7. The van der Waals surface area contributed by atoms with Crippen molar-refractivity contribution in [3.05, 3.63) is 132 Å². The summed E-state index contributed by atoms with van der Waals surface area (Å²) >= 11 is 3.78. The third-order valence-electron chi connectivity index (χ3n) is 6.59. The molecule has 0 spiro atoms. The fourth-order valence-corrected chi connectivity index (χ4v) is 8.89. The topological polar surface area (TPSA) is 54.4 Å². The number of hydrogen-bond donors (Lipinski definition) is 1. The predicted molar refractivity (Wildman–Crippen MR) is 167 cm³/mol. The van der Waals surface area contributed by atoms with Gasteiger partial charge in [0.15, 0.2) is 0 Å². The third kappa shape index (κ3) is 4.22. The highest BCUT2D eigenvalue weighted by Gasteiger charge is 2.31. The second-order valence-electron chi connectivity index (χ2n) is 8.83. The van der Waals surface area contributed by atoms with E-state index in [1.165, 1.54) is 0 Å². The number of halogens is 1. The maximum absolute atomic E-state index is 14.5. The van der Waals surface area contributed by atoms with Crippen LogP contribution in [0.15, 0.2) is 126 Å². The van der Waals surface area contributed by atoms with Crippen LogP contribution in [0.1, 0.15) is 11.1 Å². The highest BCUT2D eigenvalue weighted by molar-refractivity contribution is 14.1. The van der Waals surface area contributed by atoms with Gasteiger partial charge in [-0.2, -0.15) is 0 Å². The van der Waals surface area contributed by atoms with Gasteiger partial charge in [-0.05, 0) is 73.8 Å². The first-order valence-corrected chi connectivity index (χ1v) is 15.4. The second-order valence-corrected chi connectivity index (χ2v) is 12.7. The maximum atomic E-state index is 14.5. The summed E-state index contributed by atoms with van der Waals surface area (Å²) in [6.45, 7) is 0. The molecule has 1 aromatic heterocycles. The maximum Gasteiger partial charge on any atom is 0.208 e. The molecule has 0 aliphatic rings. The Morgan fingerprint density at radius 1 is 0.658 bits per heavy atom. The van der Waals surface area contributed by atoms with Crippen molar-refractivity contribution >= 4 is 73.8 Å². The minimum Gasteiger partial charge on any atom is -0.507 e. The Morgan fingerprint density at radius 3 is 1.92 bits per heavy atom. The molecular formula is C32H21IO3S2. The van der Waals surface area contributed by atoms with Crippen LogP contribution in [0.25, 0.3) is 40.5 Å². The third-order valence-corrected chi connectivity index (χ3v) is 10.8. The summed E-state index contributed by atoms with van der Waals surface area (Å²) in [6.07, 6.45) is 0. The monoisotopic (exact) mass is 644 g/mol. The lowest BCUT2D eigenvalue weighted by Gasteiger charge is -2.19. The average Bonchev–Trinajstić information content (AvgIpc) is 3.49. The van der Waals surface area contributed by atoms with Crippen LogP contribution < -0.4 is 0 Å². The number of aromatic hydroxyl groups is 1. The van der Waals surface area contributed by atoms with Crippen LogP contribution in [0.4, 0.5) is 0 Å². The first kappa shape index (κ1) is 24.9. The van der Waals surface area contributed by atoms with Crippen LogP contribution in [0, 0.1) is 0 Å². The molecule has 0 aliphatic heterocycles. The van der Waals surface area contributed by atoms with Crippen LogP contribution in [-0.4, -0.2) is 13.5 Å². The van der Waals surface area contributed by atoms with Gasteiger partial charge in [-0.25, -0.2) is 8.42 Å². The summed E-state index contributed by atoms with van der Waals surface area (Å²) in [7, 11) is -4.05. The first-order chi connectivity index (χ1) is 18.5. The van der Waals surface area contributed by atoms with Crippen LogP contribution in [0.2, 0.25) is 0 Å². The van der Waals surface area contributed by atoms with E-state index in [0.29, 0.717) is 14.5 Å². The minimum absolute atomic E-state index is 0.0784. The van der Waals surface area contributed by atoms with Gasteiger partial charge in [0.1, 0.15) is 5.75 Å². The molecule has 0 aliphatic carbocycles. The first-order valence-electron chi connectivity index (χ1n) is 11.9. The van der Waals surface area contributed by atoms with Crippen molar-refractivity contribution in [1.82, 2.24) is 0 Å². The molecule has 6 heteroatoms. The normalized spacial score (nSPS) is 12.6. The largest absolute Gasteiger partial charge is 0.507 e. The molecule has 0 atom stereocenters. The van der Waals surface area contributed by atoms with Gasteiger partial charge in [0.05, 0.1) is 9.80 Å². The molecule has 3 nitrogen and oxygen atoms in total. The Kier molecular flexibility index (Phi) is 6.55. The molecular weight excluding hydrogens is 623 g/mol. The summed E-state index contributed by atoms with van der Waals surface area (Å²) in [4.78, 5) is 1.31. The van der Waals surface area contributed by atoms with Crippen molar-refractivity contribution in [2.75, 3.05) is 0 Å². The van der Waals surface area contributed by atoms with Gasteiger partial charge >= 0.3 is 0 Å². The molecule has 38 heavy (non-hydrogen) atoms. The molecule has 0 radical (unpaired) electrons. The fourth-order valence-electron chi connectivity index (χ4n) is 4.84. The van der Waals surface area contributed by atoms with E-state index in [4.69, 9.17) is 0 Å². The highest BCUT2D eigenvalue weighted by Crippen LogP contribution is 2.48. The van der Waals surface area contributed by atoms with Crippen LogP contribution in [0.5, 0.6) is 5.75 Å². The Bertz CT molecular complexity index is 1940.